The van der Waals surface area contributed by atoms with Gasteiger partial charge in [0.15, 0.2) is 0 Å². The quantitative estimate of drug-likeness (QED) is 0.754. The van der Waals surface area contributed by atoms with Crippen LogP contribution in [0.3, 0.4) is 0 Å². The van der Waals surface area contributed by atoms with E-state index in [4.69, 9.17) is 5.26 Å². The fourth-order valence-electron chi connectivity index (χ4n) is 1.10. The van der Waals surface area contributed by atoms with E-state index in [1.807, 2.05) is 6.07 Å². The molecule has 2 heterocycles. The minimum atomic E-state index is 0.327. The third kappa shape index (κ3) is 1.59. The highest BCUT2D eigenvalue weighted by atomic mass is 15.1. The number of nitriles is 1. The second-order valence-corrected chi connectivity index (χ2v) is 2.70. The van der Waals surface area contributed by atoms with Gasteiger partial charge < -0.3 is 0 Å². The van der Waals surface area contributed by atoms with E-state index in [9.17, 15) is 0 Å². The number of aromatic amines is 1. The first-order chi connectivity index (χ1) is 6.90. The smallest absolute Gasteiger partial charge is 0.112 e. The van der Waals surface area contributed by atoms with E-state index in [0.29, 0.717) is 17.8 Å². The Morgan fingerprint density at radius 3 is 3.00 bits per heavy atom. The molecule has 0 saturated heterocycles. The summed E-state index contributed by atoms with van der Waals surface area (Å²) in [6.45, 7) is 0. The molecule has 0 aliphatic carbocycles. The van der Waals surface area contributed by atoms with Crippen LogP contribution in [0.5, 0.6) is 0 Å². The normalized spacial score (nSPS) is 9.64. The number of H-pyrrole nitrogens is 1. The second kappa shape index (κ2) is 3.66. The van der Waals surface area contributed by atoms with Crippen LogP contribution in [0.4, 0.5) is 0 Å². The first-order valence-electron chi connectivity index (χ1n) is 4.08. The van der Waals surface area contributed by atoms with Gasteiger partial charge in [0.05, 0.1) is 18.7 Å². The highest BCUT2D eigenvalue weighted by Gasteiger charge is 2.03. The molecule has 2 aromatic heterocycles. The highest BCUT2D eigenvalue weighted by molar-refractivity contribution is 5.52. The minimum Gasteiger partial charge on any atom is -0.281 e. The van der Waals surface area contributed by atoms with E-state index in [1.54, 1.807) is 24.7 Å². The van der Waals surface area contributed by atoms with E-state index >= 15 is 0 Å². The zero-order valence-corrected chi connectivity index (χ0v) is 7.31. The van der Waals surface area contributed by atoms with E-state index in [2.05, 4.69) is 20.2 Å². The van der Waals surface area contributed by atoms with Crippen LogP contribution < -0.4 is 0 Å². The molecule has 2 aromatic rings. The molecule has 0 saturated carbocycles. The molecule has 1 N–H and O–H groups in total. The van der Waals surface area contributed by atoms with Gasteiger partial charge in [-0.05, 0) is 6.07 Å². The Balaban J connectivity index is 2.31. The van der Waals surface area contributed by atoms with Gasteiger partial charge in [-0.3, -0.25) is 15.1 Å². The van der Waals surface area contributed by atoms with Crippen molar-refractivity contribution in [2.24, 2.45) is 0 Å². The molecule has 0 aliphatic rings. The van der Waals surface area contributed by atoms with Crippen molar-refractivity contribution >= 4 is 0 Å². The van der Waals surface area contributed by atoms with Gasteiger partial charge in [0, 0.05) is 18.1 Å². The molecular formula is C9H7N5. The van der Waals surface area contributed by atoms with Gasteiger partial charge in [0.25, 0.3) is 0 Å². The maximum Gasteiger partial charge on any atom is 0.112 e. The molecule has 0 unspecified atom stereocenters. The van der Waals surface area contributed by atoms with Crippen LogP contribution in [-0.2, 0) is 6.42 Å². The number of aromatic nitrogens is 4. The Hall–Kier alpha value is -2.22. The molecule has 0 aliphatic heterocycles. The summed E-state index contributed by atoms with van der Waals surface area (Å²) in [5.41, 5.74) is 2.20. The number of nitrogens with one attached hydrogen (secondary N) is 1. The molecule has 14 heavy (non-hydrogen) atoms. The van der Waals surface area contributed by atoms with Gasteiger partial charge in [0.1, 0.15) is 11.4 Å². The molecule has 0 bridgehead atoms. The largest absolute Gasteiger partial charge is 0.281 e. The average molecular weight is 185 g/mol. The Bertz CT molecular complexity index is 454. The molecule has 2 rings (SSSR count). The molecule has 0 amide bonds. The van der Waals surface area contributed by atoms with Crippen LogP contribution in [0, 0.1) is 11.3 Å². The van der Waals surface area contributed by atoms with Gasteiger partial charge in [-0.2, -0.15) is 10.4 Å². The summed E-state index contributed by atoms with van der Waals surface area (Å²) < 4.78 is 0. The fourth-order valence-corrected chi connectivity index (χ4v) is 1.10. The number of hydrogen-bond acceptors (Lipinski definition) is 4. The Kier molecular flexibility index (Phi) is 2.19. The number of hydrogen-bond donors (Lipinski definition) is 1. The predicted octanol–water partition coefficient (Wildman–Crippen LogP) is 0.933. The monoisotopic (exact) mass is 185 g/mol. The number of nitrogens with zero attached hydrogens (tertiary/aromatic N) is 4. The predicted molar refractivity (Wildman–Crippen MR) is 48.9 cm³/mol. The molecule has 0 fully saturated rings. The van der Waals surface area contributed by atoms with Crippen LogP contribution in [0.25, 0.3) is 11.4 Å². The average Bonchev–Trinajstić information content (AvgIpc) is 2.68. The minimum absolute atomic E-state index is 0.327. The SMILES string of the molecule is N#CCc1cc(-c2cnccn2)n[nH]1. The van der Waals surface area contributed by atoms with Crippen molar-refractivity contribution in [2.45, 2.75) is 6.42 Å². The summed E-state index contributed by atoms with van der Waals surface area (Å²) in [4.78, 5) is 8.03. The second-order valence-electron chi connectivity index (χ2n) is 2.70. The topological polar surface area (TPSA) is 78.2 Å². The van der Waals surface area contributed by atoms with Crippen LogP contribution in [0.15, 0.2) is 24.7 Å². The molecule has 5 heteroatoms. The van der Waals surface area contributed by atoms with Crippen LogP contribution in [-0.4, -0.2) is 20.2 Å². The van der Waals surface area contributed by atoms with Gasteiger partial charge in [-0.25, -0.2) is 0 Å². The lowest BCUT2D eigenvalue weighted by atomic mass is 10.2. The van der Waals surface area contributed by atoms with Crippen LogP contribution in [0.1, 0.15) is 5.69 Å². The van der Waals surface area contributed by atoms with Crippen molar-refractivity contribution < 1.29 is 0 Å². The van der Waals surface area contributed by atoms with E-state index in [-0.39, 0.29) is 0 Å². The zero-order chi connectivity index (χ0) is 9.80. The Morgan fingerprint density at radius 2 is 2.29 bits per heavy atom. The lowest BCUT2D eigenvalue weighted by molar-refractivity contribution is 1.01. The maximum absolute atomic E-state index is 8.47. The lowest BCUT2D eigenvalue weighted by Gasteiger charge is -1.90. The molecule has 0 atom stereocenters. The van der Waals surface area contributed by atoms with E-state index in [0.717, 1.165) is 5.69 Å². The molecule has 0 spiro atoms. The standard InChI is InChI=1S/C9H7N5/c10-2-1-7-5-8(14-13-7)9-6-11-3-4-12-9/h3-6H,1H2,(H,13,14). The van der Waals surface area contributed by atoms with Gasteiger partial charge in [-0.1, -0.05) is 0 Å². The molecule has 0 aromatic carbocycles. The van der Waals surface area contributed by atoms with E-state index in [1.165, 1.54) is 0 Å². The lowest BCUT2D eigenvalue weighted by Crippen LogP contribution is -1.83. The first kappa shape index (κ1) is 8.38. The Labute approximate surface area is 80.4 Å². The van der Waals surface area contributed by atoms with Crippen molar-refractivity contribution in [3.63, 3.8) is 0 Å². The first-order valence-corrected chi connectivity index (χ1v) is 4.08. The third-order valence-corrected chi connectivity index (χ3v) is 1.73. The summed E-state index contributed by atoms with van der Waals surface area (Å²) in [6, 6.07) is 3.84. The Morgan fingerprint density at radius 1 is 1.36 bits per heavy atom. The number of rotatable bonds is 2. The molecule has 68 valence electrons. The van der Waals surface area contributed by atoms with Crippen molar-refractivity contribution in [3.05, 3.63) is 30.4 Å². The van der Waals surface area contributed by atoms with Gasteiger partial charge in [-0.15, -0.1) is 0 Å². The molecule has 0 radical (unpaired) electrons. The third-order valence-electron chi connectivity index (χ3n) is 1.73. The van der Waals surface area contributed by atoms with Crippen molar-refractivity contribution in [1.82, 2.24) is 20.2 Å². The van der Waals surface area contributed by atoms with E-state index < -0.39 is 0 Å². The van der Waals surface area contributed by atoms with Crippen molar-refractivity contribution in [3.8, 4) is 17.5 Å². The highest BCUT2D eigenvalue weighted by Crippen LogP contribution is 2.12. The fraction of sp³-hybridized carbons (Fsp3) is 0.111. The summed E-state index contributed by atoms with van der Waals surface area (Å²) >= 11 is 0. The van der Waals surface area contributed by atoms with Gasteiger partial charge >= 0.3 is 0 Å². The van der Waals surface area contributed by atoms with Crippen molar-refractivity contribution in [1.29, 1.82) is 5.26 Å². The van der Waals surface area contributed by atoms with Crippen LogP contribution in [0.2, 0.25) is 0 Å². The zero-order valence-electron chi connectivity index (χ0n) is 7.31. The summed E-state index contributed by atoms with van der Waals surface area (Å²) in [7, 11) is 0. The van der Waals surface area contributed by atoms with Crippen LogP contribution >= 0.6 is 0 Å². The molecule has 5 nitrogen and oxygen atoms in total. The maximum atomic E-state index is 8.47. The van der Waals surface area contributed by atoms with Gasteiger partial charge in [0.2, 0.25) is 0 Å². The summed E-state index contributed by atoms with van der Waals surface area (Å²) in [5.74, 6) is 0. The summed E-state index contributed by atoms with van der Waals surface area (Å²) in [5, 5.41) is 15.3. The van der Waals surface area contributed by atoms with Crippen molar-refractivity contribution in [2.75, 3.05) is 0 Å². The molecular weight excluding hydrogens is 178 g/mol. The summed E-state index contributed by atoms with van der Waals surface area (Å²) in [6.07, 6.45) is 5.17.